The van der Waals surface area contributed by atoms with Crippen LogP contribution in [-0.2, 0) is 22.6 Å². The fraction of sp³-hybridized carbons (Fsp3) is 0.300. The number of anilines is 1. The molecule has 2 aromatic rings. The molecule has 2 N–H and O–H groups in total. The molecule has 0 saturated heterocycles. The molecule has 0 aliphatic rings. The number of benzene rings is 2. The molecule has 2 rings (SSSR count). The van der Waals surface area contributed by atoms with Crippen molar-refractivity contribution in [3.63, 3.8) is 0 Å². The number of halogens is 1. The molecule has 0 heterocycles. The fourth-order valence-electron chi connectivity index (χ4n) is 2.47. The van der Waals surface area contributed by atoms with Crippen molar-refractivity contribution in [3.8, 4) is 0 Å². The lowest BCUT2D eigenvalue weighted by molar-refractivity contribution is -0.124. The average molecular weight is 357 g/mol. The Morgan fingerprint density at radius 3 is 2.19 bits per heavy atom. The van der Waals surface area contributed by atoms with Gasteiger partial charge in [0.15, 0.2) is 0 Å². The van der Waals surface area contributed by atoms with E-state index >= 15 is 0 Å². The molecule has 0 bridgehead atoms. The van der Waals surface area contributed by atoms with E-state index in [1.807, 2.05) is 11.9 Å². The van der Waals surface area contributed by atoms with Crippen LogP contribution < -0.4 is 10.6 Å². The molecule has 6 heteroatoms. The topological polar surface area (TPSA) is 61.4 Å². The molecule has 0 aliphatic heterocycles. The maximum atomic E-state index is 12.8. The van der Waals surface area contributed by atoms with Crippen LogP contribution in [0.2, 0.25) is 0 Å². The van der Waals surface area contributed by atoms with E-state index in [0.29, 0.717) is 12.2 Å². The fourth-order valence-corrected chi connectivity index (χ4v) is 2.47. The Bertz CT molecular complexity index is 730. The van der Waals surface area contributed by atoms with Crippen LogP contribution in [0.4, 0.5) is 10.1 Å². The summed E-state index contributed by atoms with van der Waals surface area (Å²) in [6.45, 7) is 2.82. The van der Waals surface area contributed by atoms with E-state index in [1.165, 1.54) is 29.8 Å². The molecule has 0 spiro atoms. The first-order valence-corrected chi connectivity index (χ1v) is 8.54. The van der Waals surface area contributed by atoms with Crippen LogP contribution in [0.1, 0.15) is 18.1 Å². The number of amides is 2. The molecule has 0 atom stereocenters. The van der Waals surface area contributed by atoms with Crippen LogP contribution in [0.3, 0.4) is 0 Å². The van der Waals surface area contributed by atoms with Gasteiger partial charge in [0.25, 0.3) is 0 Å². The van der Waals surface area contributed by atoms with Crippen molar-refractivity contribution >= 4 is 17.5 Å². The van der Waals surface area contributed by atoms with Gasteiger partial charge in [0.05, 0.1) is 13.1 Å². The maximum Gasteiger partial charge on any atom is 0.243 e. The zero-order valence-corrected chi connectivity index (χ0v) is 15.1. The van der Waals surface area contributed by atoms with Gasteiger partial charge >= 0.3 is 0 Å². The lowest BCUT2D eigenvalue weighted by Gasteiger charge is -2.16. The van der Waals surface area contributed by atoms with Crippen molar-refractivity contribution in [1.82, 2.24) is 10.2 Å². The van der Waals surface area contributed by atoms with Crippen molar-refractivity contribution in [2.45, 2.75) is 19.9 Å². The Morgan fingerprint density at radius 1 is 0.962 bits per heavy atom. The second kappa shape index (κ2) is 9.68. The van der Waals surface area contributed by atoms with Gasteiger partial charge in [-0.2, -0.15) is 0 Å². The van der Waals surface area contributed by atoms with Crippen LogP contribution >= 0.6 is 0 Å². The SMILES string of the molecule is CCc1ccc(CN(C)CC(=O)NCC(=O)Nc2ccc(F)cc2)cc1. The lowest BCUT2D eigenvalue weighted by atomic mass is 10.1. The third kappa shape index (κ3) is 6.64. The summed E-state index contributed by atoms with van der Waals surface area (Å²) >= 11 is 0. The normalized spacial score (nSPS) is 10.6. The first kappa shape index (κ1) is 19.6. The summed E-state index contributed by atoms with van der Waals surface area (Å²) in [7, 11) is 1.85. The minimum atomic E-state index is -0.372. The summed E-state index contributed by atoms with van der Waals surface area (Å²) < 4.78 is 12.8. The Balaban J connectivity index is 1.71. The van der Waals surface area contributed by atoms with E-state index < -0.39 is 0 Å². The van der Waals surface area contributed by atoms with Gasteiger partial charge in [-0.1, -0.05) is 31.2 Å². The number of nitrogens with zero attached hydrogens (tertiary/aromatic N) is 1. The summed E-state index contributed by atoms with van der Waals surface area (Å²) in [5.41, 5.74) is 2.89. The van der Waals surface area contributed by atoms with Gasteiger partial charge in [-0.15, -0.1) is 0 Å². The molecule has 5 nitrogen and oxygen atoms in total. The van der Waals surface area contributed by atoms with Crippen molar-refractivity contribution in [2.75, 3.05) is 25.5 Å². The second-order valence-corrected chi connectivity index (χ2v) is 6.17. The zero-order valence-electron chi connectivity index (χ0n) is 15.1. The summed E-state index contributed by atoms with van der Waals surface area (Å²) in [5, 5.41) is 5.18. The maximum absolute atomic E-state index is 12.8. The zero-order chi connectivity index (χ0) is 18.9. The van der Waals surface area contributed by atoms with E-state index in [2.05, 4.69) is 41.8 Å². The van der Waals surface area contributed by atoms with Gasteiger partial charge in [-0.05, 0) is 48.9 Å². The number of carbonyl (C=O) groups is 2. The monoisotopic (exact) mass is 357 g/mol. The van der Waals surface area contributed by atoms with E-state index in [1.54, 1.807) is 0 Å². The van der Waals surface area contributed by atoms with Gasteiger partial charge in [-0.3, -0.25) is 14.5 Å². The third-order valence-corrected chi connectivity index (χ3v) is 3.87. The Hall–Kier alpha value is -2.73. The largest absolute Gasteiger partial charge is 0.346 e. The molecule has 0 fully saturated rings. The number of aryl methyl sites for hydroxylation is 1. The van der Waals surface area contributed by atoms with Gasteiger partial charge in [0.2, 0.25) is 11.8 Å². The molecule has 0 radical (unpaired) electrons. The minimum Gasteiger partial charge on any atom is -0.346 e. The van der Waals surface area contributed by atoms with Crippen LogP contribution in [0.5, 0.6) is 0 Å². The first-order chi connectivity index (χ1) is 12.5. The van der Waals surface area contributed by atoms with Crippen LogP contribution in [-0.4, -0.2) is 36.9 Å². The van der Waals surface area contributed by atoms with E-state index in [0.717, 1.165) is 12.0 Å². The summed E-state index contributed by atoms with van der Waals surface area (Å²) in [5.74, 6) is -0.960. The van der Waals surface area contributed by atoms with Crippen molar-refractivity contribution < 1.29 is 14.0 Å². The third-order valence-electron chi connectivity index (χ3n) is 3.87. The number of hydrogen-bond donors (Lipinski definition) is 2. The van der Waals surface area contributed by atoms with Crippen molar-refractivity contribution in [1.29, 1.82) is 0 Å². The molecule has 0 aliphatic carbocycles. The minimum absolute atomic E-state index is 0.130. The van der Waals surface area contributed by atoms with E-state index in [-0.39, 0.29) is 30.7 Å². The number of hydrogen-bond acceptors (Lipinski definition) is 3. The highest BCUT2D eigenvalue weighted by atomic mass is 19.1. The Kier molecular flexibility index (Phi) is 7.29. The molecule has 138 valence electrons. The van der Waals surface area contributed by atoms with Crippen molar-refractivity contribution in [3.05, 3.63) is 65.5 Å². The molecule has 2 amide bonds. The predicted molar refractivity (Wildman–Crippen MR) is 100 cm³/mol. The van der Waals surface area contributed by atoms with Crippen LogP contribution in [0.15, 0.2) is 48.5 Å². The van der Waals surface area contributed by atoms with Crippen molar-refractivity contribution in [2.24, 2.45) is 0 Å². The molecular formula is C20H24FN3O2. The van der Waals surface area contributed by atoms with Gasteiger partial charge < -0.3 is 10.6 Å². The number of likely N-dealkylation sites (N-methyl/N-ethyl adjacent to an activating group) is 1. The Labute approximate surface area is 153 Å². The van der Waals surface area contributed by atoms with Crippen LogP contribution in [0.25, 0.3) is 0 Å². The molecule has 2 aromatic carbocycles. The average Bonchev–Trinajstić information content (AvgIpc) is 2.62. The van der Waals surface area contributed by atoms with E-state index in [9.17, 15) is 14.0 Å². The van der Waals surface area contributed by atoms with Gasteiger partial charge in [0, 0.05) is 12.2 Å². The number of nitrogens with one attached hydrogen (secondary N) is 2. The summed E-state index contributed by atoms with van der Waals surface area (Å²) in [6.07, 6.45) is 0.999. The Morgan fingerprint density at radius 2 is 1.58 bits per heavy atom. The van der Waals surface area contributed by atoms with Gasteiger partial charge in [-0.25, -0.2) is 4.39 Å². The molecule has 0 aromatic heterocycles. The van der Waals surface area contributed by atoms with Gasteiger partial charge in [0.1, 0.15) is 5.82 Å². The quantitative estimate of drug-likeness (QED) is 0.763. The van der Waals surface area contributed by atoms with Crippen LogP contribution in [0, 0.1) is 5.82 Å². The first-order valence-electron chi connectivity index (χ1n) is 8.54. The lowest BCUT2D eigenvalue weighted by Crippen LogP contribution is -2.39. The second-order valence-electron chi connectivity index (χ2n) is 6.17. The van der Waals surface area contributed by atoms with E-state index in [4.69, 9.17) is 0 Å². The molecule has 26 heavy (non-hydrogen) atoms. The highest BCUT2D eigenvalue weighted by Gasteiger charge is 2.09. The smallest absolute Gasteiger partial charge is 0.243 e. The molecular weight excluding hydrogens is 333 g/mol. The summed E-state index contributed by atoms with van der Waals surface area (Å²) in [6, 6.07) is 13.7. The highest BCUT2D eigenvalue weighted by Crippen LogP contribution is 2.08. The molecule has 0 saturated carbocycles. The number of carbonyl (C=O) groups excluding carboxylic acids is 2. The standard InChI is InChI=1S/C20H24FN3O2/c1-3-15-4-6-16(7-5-15)13-24(2)14-20(26)22-12-19(25)23-18-10-8-17(21)9-11-18/h4-11H,3,12-14H2,1-2H3,(H,22,26)(H,23,25). The summed E-state index contributed by atoms with van der Waals surface area (Å²) in [4.78, 5) is 25.7. The highest BCUT2D eigenvalue weighted by molar-refractivity contribution is 5.94. The predicted octanol–water partition coefficient (Wildman–Crippen LogP) is 2.57. The molecule has 0 unspecified atom stereocenters. The number of rotatable bonds is 8.